The highest BCUT2D eigenvalue weighted by atomic mass is 16.5. The van der Waals surface area contributed by atoms with Crippen molar-refractivity contribution in [3.8, 4) is 5.75 Å². The third kappa shape index (κ3) is 3.92. The SMILES string of the molecule is CCCCOc1cccc(C(C)CO)c1. The van der Waals surface area contributed by atoms with Crippen LogP contribution in [0, 0.1) is 0 Å². The first-order valence-corrected chi connectivity index (χ1v) is 5.61. The zero-order chi connectivity index (χ0) is 11.1. The van der Waals surface area contributed by atoms with E-state index < -0.39 is 0 Å². The molecule has 1 N–H and O–H groups in total. The van der Waals surface area contributed by atoms with Crippen molar-refractivity contribution >= 4 is 0 Å². The minimum absolute atomic E-state index is 0.179. The molecule has 0 saturated heterocycles. The maximum Gasteiger partial charge on any atom is 0.119 e. The van der Waals surface area contributed by atoms with Gasteiger partial charge in [-0.1, -0.05) is 32.4 Å². The second kappa shape index (κ2) is 6.46. The van der Waals surface area contributed by atoms with Crippen molar-refractivity contribution in [1.29, 1.82) is 0 Å². The van der Waals surface area contributed by atoms with E-state index in [2.05, 4.69) is 6.92 Å². The molecule has 0 aliphatic carbocycles. The first-order chi connectivity index (χ1) is 7.27. The third-order valence-electron chi connectivity index (χ3n) is 2.47. The van der Waals surface area contributed by atoms with Gasteiger partial charge in [0.25, 0.3) is 0 Å². The van der Waals surface area contributed by atoms with E-state index in [1.54, 1.807) is 0 Å². The number of hydrogen-bond acceptors (Lipinski definition) is 2. The number of rotatable bonds is 6. The molecule has 0 aliphatic rings. The number of unbranched alkanes of at least 4 members (excludes halogenated alkanes) is 1. The normalized spacial score (nSPS) is 12.5. The van der Waals surface area contributed by atoms with Crippen LogP contribution in [0.1, 0.15) is 38.2 Å². The lowest BCUT2D eigenvalue weighted by Crippen LogP contribution is -2.01. The first-order valence-electron chi connectivity index (χ1n) is 5.61. The van der Waals surface area contributed by atoms with Crippen molar-refractivity contribution in [2.45, 2.75) is 32.6 Å². The van der Waals surface area contributed by atoms with Crippen molar-refractivity contribution in [1.82, 2.24) is 0 Å². The smallest absolute Gasteiger partial charge is 0.119 e. The molecule has 0 fully saturated rings. The maximum atomic E-state index is 9.05. The van der Waals surface area contributed by atoms with Gasteiger partial charge in [-0.15, -0.1) is 0 Å². The van der Waals surface area contributed by atoms with Gasteiger partial charge >= 0.3 is 0 Å². The van der Waals surface area contributed by atoms with Crippen LogP contribution in [-0.4, -0.2) is 18.3 Å². The summed E-state index contributed by atoms with van der Waals surface area (Å²) in [5.74, 6) is 1.08. The van der Waals surface area contributed by atoms with Gasteiger partial charge in [0.1, 0.15) is 5.75 Å². The Morgan fingerprint density at radius 1 is 1.40 bits per heavy atom. The summed E-state index contributed by atoms with van der Waals surface area (Å²) in [5.41, 5.74) is 1.13. The van der Waals surface area contributed by atoms with Crippen LogP contribution < -0.4 is 4.74 Å². The van der Waals surface area contributed by atoms with Crippen molar-refractivity contribution in [2.24, 2.45) is 0 Å². The predicted octanol–water partition coefficient (Wildman–Crippen LogP) is 2.96. The number of aliphatic hydroxyl groups is 1. The topological polar surface area (TPSA) is 29.5 Å². The lowest BCUT2D eigenvalue weighted by Gasteiger charge is -2.11. The van der Waals surface area contributed by atoms with Crippen LogP contribution in [0.5, 0.6) is 5.75 Å². The summed E-state index contributed by atoms with van der Waals surface area (Å²) in [4.78, 5) is 0. The van der Waals surface area contributed by atoms with E-state index in [0.29, 0.717) is 0 Å². The number of aliphatic hydroxyl groups excluding tert-OH is 1. The highest BCUT2D eigenvalue weighted by Gasteiger charge is 2.04. The molecule has 0 radical (unpaired) electrons. The largest absolute Gasteiger partial charge is 0.494 e. The molecule has 1 rings (SSSR count). The van der Waals surface area contributed by atoms with Gasteiger partial charge in [0.05, 0.1) is 6.61 Å². The van der Waals surface area contributed by atoms with E-state index in [1.807, 2.05) is 31.2 Å². The molecule has 1 atom stereocenters. The Morgan fingerprint density at radius 3 is 2.87 bits per heavy atom. The van der Waals surface area contributed by atoms with Crippen molar-refractivity contribution < 1.29 is 9.84 Å². The van der Waals surface area contributed by atoms with Gasteiger partial charge in [-0.05, 0) is 24.1 Å². The Balaban J connectivity index is 2.57. The fourth-order valence-corrected chi connectivity index (χ4v) is 1.35. The molecule has 0 spiro atoms. The predicted molar refractivity (Wildman–Crippen MR) is 62.3 cm³/mol. The maximum absolute atomic E-state index is 9.05. The van der Waals surface area contributed by atoms with Gasteiger partial charge in [-0.3, -0.25) is 0 Å². The van der Waals surface area contributed by atoms with Crippen LogP contribution in [-0.2, 0) is 0 Å². The summed E-state index contributed by atoms with van der Waals surface area (Å²) in [6.45, 7) is 5.10. The summed E-state index contributed by atoms with van der Waals surface area (Å²) < 4.78 is 5.60. The second-order valence-electron chi connectivity index (χ2n) is 3.86. The highest BCUT2D eigenvalue weighted by Crippen LogP contribution is 2.20. The fraction of sp³-hybridized carbons (Fsp3) is 0.538. The summed E-state index contributed by atoms with van der Waals surface area (Å²) in [7, 11) is 0. The van der Waals surface area contributed by atoms with Gasteiger partial charge in [-0.25, -0.2) is 0 Å². The highest BCUT2D eigenvalue weighted by molar-refractivity contribution is 5.30. The van der Waals surface area contributed by atoms with Gasteiger partial charge in [0.15, 0.2) is 0 Å². The van der Waals surface area contributed by atoms with Crippen LogP contribution in [0.4, 0.5) is 0 Å². The molecule has 15 heavy (non-hydrogen) atoms. The van der Waals surface area contributed by atoms with Crippen LogP contribution >= 0.6 is 0 Å². The Morgan fingerprint density at radius 2 is 2.20 bits per heavy atom. The average molecular weight is 208 g/mol. The van der Waals surface area contributed by atoms with Gasteiger partial charge in [0, 0.05) is 12.5 Å². The van der Waals surface area contributed by atoms with Gasteiger partial charge in [-0.2, -0.15) is 0 Å². The minimum Gasteiger partial charge on any atom is -0.494 e. The minimum atomic E-state index is 0.179. The Bertz CT molecular complexity index is 284. The molecule has 0 saturated carbocycles. The quantitative estimate of drug-likeness (QED) is 0.728. The van der Waals surface area contributed by atoms with E-state index in [4.69, 9.17) is 9.84 Å². The van der Waals surface area contributed by atoms with Crippen molar-refractivity contribution in [2.75, 3.05) is 13.2 Å². The lowest BCUT2D eigenvalue weighted by atomic mass is 10.0. The first kappa shape index (κ1) is 12.1. The zero-order valence-corrected chi connectivity index (χ0v) is 9.57. The van der Waals surface area contributed by atoms with E-state index in [1.165, 1.54) is 0 Å². The Labute approximate surface area is 91.9 Å². The van der Waals surface area contributed by atoms with Crippen molar-refractivity contribution in [3.63, 3.8) is 0 Å². The van der Waals surface area contributed by atoms with Crippen molar-refractivity contribution in [3.05, 3.63) is 29.8 Å². The fourth-order valence-electron chi connectivity index (χ4n) is 1.35. The van der Waals surface area contributed by atoms with Crippen LogP contribution in [0.3, 0.4) is 0 Å². The van der Waals surface area contributed by atoms with Gasteiger partial charge < -0.3 is 9.84 Å². The molecule has 0 bridgehead atoms. The monoisotopic (exact) mass is 208 g/mol. The molecule has 0 heterocycles. The average Bonchev–Trinajstić information content (AvgIpc) is 2.29. The molecule has 1 aromatic rings. The summed E-state index contributed by atoms with van der Waals surface area (Å²) >= 11 is 0. The summed E-state index contributed by atoms with van der Waals surface area (Å²) in [5, 5.41) is 9.05. The molecule has 0 aliphatic heterocycles. The molecule has 1 unspecified atom stereocenters. The molecule has 84 valence electrons. The lowest BCUT2D eigenvalue weighted by molar-refractivity contribution is 0.272. The molecule has 0 aromatic heterocycles. The second-order valence-corrected chi connectivity index (χ2v) is 3.86. The number of ether oxygens (including phenoxy) is 1. The molecular formula is C13H20O2. The van der Waals surface area contributed by atoms with Crippen LogP contribution in [0.25, 0.3) is 0 Å². The van der Waals surface area contributed by atoms with Crippen LogP contribution in [0.2, 0.25) is 0 Å². The number of hydrogen-bond donors (Lipinski definition) is 1. The molecular weight excluding hydrogens is 188 g/mol. The third-order valence-corrected chi connectivity index (χ3v) is 2.47. The summed E-state index contributed by atoms with van der Waals surface area (Å²) in [6, 6.07) is 7.97. The molecule has 0 amide bonds. The zero-order valence-electron chi connectivity index (χ0n) is 9.57. The van der Waals surface area contributed by atoms with Crippen LogP contribution in [0.15, 0.2) is 24.3 Å². The van der Waals surface area contributed by atoms with E-state index in [-0.39, 0.29) is 12.5 Å². The van der Waals surface area contributed by atoms with Gasteiger partial charge in [0.2, 0.25) is 0 Å². The Hall–Kier alpha value is -1.02. The molecule has 2 heteroatoms. The van der Waals surface area contributed by atoms with E-state index in [9.17, 15) is 0 Å². The Kier molecular flexibility index (Phi) is 5.19. The molecule has 1 aromatic carbocycles. The summed E-state index contributed by atoms with van der Waals surface area (Å²) in [6.07, 6.45) is 2.23. The van der Waals surface area contributed by atoms with E-state index in [0.717, 1.165) is 30.8 Å². The van der Waals surface area contributed by atoms with E-state index >= 15 is 0 Å². The number of benzene rings is 1. The standard InChI is InChI=1S/C13H20O2/c1-3-4-8-15-13-7-5-6-12(9-13)11(2)10-14/h5-7,9,11,14H,3-4,8,10H2,1-2H3. The molecule has 2 nitrogen and oxygen atoms in total.